The van der Waals surface area contributed by atoms with Crippen LogP contribution in [0, 0.1) is 0 Å². The van der Waals surface area contributed by atoms with Crippen LogP contribution in [0.2, 0.25) is 0 Å². The van der Waals surface area contributed by atoms with Gasteiger partial charge in [0, 0.05) is 18.7 Å². The number of aliphatic hydroxyl groups is 1. The Bertz CT molecular complexity index is 483. The summed E-state index contributed by atoms with van der Waals surface area (Å²) in [5.41, 5.74) is -1.27. The molecular formula is C9H11FN2O4. The van der Waals surface area contributed by atoms with Crippen LogP contribution in [0.1, 0.15) is 12.6 Å². The average molecular weight is 230 g/mol. The molecule has 2 N–H and O–H groups in total. The van der Waals surface area contributed by atoms with Crippen LogP contribution in [-0.2, 0) is 4.74 Å². The molecule has 1 aromatic heterocycles. The molecule has 16 heavy (non-hydrogen) atoms. The number of nitrogens with one attached hydrogen (secondary N) is 1. The molecule has 0 spiro atoms. The van der Waals surface area contributed by atoms with Gasteiger partial charge in [0.15, 0.2) is 6.23 Å². The maximum absolute atomic E-state index is 13.5. The summed E-state index contributed by atoms with van der Waals surface area (Å²) in [5.74, 6) is 0. The SMILES string of the molecule is O=c1ccn([C@@H]2O[C@@H](CO)C[C@@H]2F)c(=O)[nH]1. The summed E-state index contributed by atoms with van der Waals surface area (Å²) in [6.45, 7) is -0.297. The zero-order valence-electron chi connectivity index (χ0n) is 8.30. The van der Waals surface area contributed by atoms with E-state index in [4.69, 9.17) is 9.84 Å². The van der Waals surface area contributed by atoms with E-state index < -0.39 is 29.8 Å². The lowest BCUT2D eigenvalue weighted by atomic mass is 10.2. The molecule has 2 rings (SSSR count). The van der Waals surface area contributed by atoms with Crippen molar-refractivity contribution < 1.29 is 14.2 Å². The minimum Gasteiger partial charge on any atom is -0.394 e. The number of hydrogen-bond acceptors (Lipinski definition) is 4. The van der Waals surface area contributed by atoms with Crippen LogP contribution in [-0.4, -0.2) is 33.5 Å². The highest BCUT2D eigenvalue weighted by Gasteiger charge is 2.36. The van der Waals surface area contributed by atoms with Crippen LogP contribution in [0.4, 0.5) is 4.39 Å². The summed E-state index contributed by atoms with van der Waals surface area (Å²) in [6.07, 6.45) is -1.86. The van der Waals surface area contributed by atoms with E-state index in [-0.39, 0.29) is 13.0 Å². The van der Waals surface area contributed by atoms with Crippen molar-refractivity contribution >= 4 is 0 Å². The average Bonchev–Trinajstić information content (AvgIpc) is 2.60. The molecule has 3 atom stereocenters. The normalized spacial score (nSPS) is 29.5. The summed E-state index contributed by atoms with van der Waals surface area (Å²) < 4.78 is 19.6. The smallest absolute Gasteiger partial charge is 0.330 e. The Kier molecular flexibility index (Phi) is 2.88. The van der Waals surface area contributed by atoms with Crippen LogP contribution in [0.15, 0.2) is 21.9 Å². The molecule has 0 unspecified atom stereocenters. The van der Waals surface area contributed by atoms with Gasteiger partial charge >= 0.3 is 5.69 Å². The molecule has 0 bridgehead atoms. The lowest BCUT2D eigenvalue weighted by Gasteiger charge is -2.15. The van der Waals surface area contributed by atoms with Gasteiger partial charge in [-0.15, -0.1) is 0 Å². The van der Waals surface area contributed by atoms with Gasteiger partial charge in [0.1, 0.15) is 6.17 Å². The zero-order chi connectivity index (χ0) is 11.7. The third-order valence-corrected chi connectivity index (χ3v) is 2.46. The third kappa shape index (κ3) is 1.91. The number of aliphatic hydroxyl groups excluding tert-OH is 1. The predicted molar refractivity (Wildman–Crippen MR) is 51.8 cm³/mol. The number of alkyl halides is 1. The summed E-state index contributed by atoms with van der Waals surface area (Å²) in [4.78, 5) is 24.2. The first kappa shape index (κ1) is 11.0. The Hall–Kier alpha value is -1.47. The van der Waals surface area contributed by atoms with Crippen molar-refractivity contribution in [1.82, 2.24) is 9.55 Å². The van der Waals surface area contributed by atoms with Crippen molar-refractivity contribution in [3.8, 4) is 0 Å². The van der Waals surface area contributed by atoms with Gasteiger partial charge in [-0.05, 0) is 0 Å². The molecule has 0 amide bonds. The molecule has 1 saturated heterocycles. The van der Waals surface area contributed by atoms with Gasteiger partial charge in [-0.3, -0.25) is 14.3 Å². The molecule has 1 fully saturated rings. The lowest BCUT2D eigenvalue weighted by molar-refractivity contribution is -0.0394. The summed E-state index contributed by atoms with van der Waals surface area (Å²) in [7, 11) is 0. The molecular weight excluding hydrogens is 219 g/mol. The maximum Gasteiger partial charge on any atom is 0.330 e. The second kappa shape index (κ2) is 4.18. The van der Waals surface area contributed by atoms with Crippen molar-refractivity contribution in [2.45, 2.75) is 24.9 Å². The monoisotopic (exact) mass is 230 g/mol. The Labute approximate surface area is 89.3 Å². The van der Waals surface area contributed by atoms with Gasteiger partial charge in [-0.25, -0.2) is 9.18 Å². The number of ether oxygens (including phenoxy) is 1. The van der Waals surface area contributed by atoms with Gasteiger partial charge in [0.2, 0.25) is 0 Å². The minimum absolute atomic E-state index is 0.0345. The first-order valence-electron chi connectivity index (χ1n) is 4.83. The number of H-pyrrole nitrogens is 1. The quantitative estimate of drug-likeness (QED) is 0.693. The molecule has 0 radical (unpaired) electrons. The molecule has 2 heterocycles. The Morgan fingerprint density at radius 3 is 2.94 bits per heavy atom. The highest BCUT2D eigenvalue weighted by molar-refractivity contribution is 4.88. The van der Waals surface area contributed by atoms with Gasteiger partial charge < -0.3 is 9.84 Å². The van der Waals surface area contributed by atoms with E-state index in [1.54, 1.807) is 0 Å². The van der Waals surface area contributed by atoms with E-state index in [1.165, 1.54) is 6.20 Å². The number of nitrogens with zero attached hydrogens (tertiary/aromatic N) is 1. The van der Waals surface area contributed by atoms with E-state index >= 15 is 0 Å². The Morgan fingerprint density at radius 1 is 1.62 bits per heavy atom. The highest BCUT2D eigenvalue weighted by atomic mass is 19.1. The van der Waals surface area contributed by atoms with Gasteiger partial charge in [-0.2, -0.15) is 0 Å². The van der Waals surface area contributed by atoms with Gasteiger partial charge in [0.25, 0.3) is 5.56 Å². The highest BCUT2D eigenvalue weighted by Crippen LogP contribution is 2.29. The molecule has 1 aromatic rings. The van der Waals surface area contributed by atoms with Crippen molar-refractivity contribution in [2.75, 3.05) is 6.61 Å². The second-order valence-corrected chi connectivity index (χ2v) is 3.60. The Morgan fingerprint density at radius 2 is 2.38 bits per heavy atom. The fourth-order valence-corrected chi connectivity index (χ4v) is 1.69. The lowest BCUT2D eigenvalue weighted by Crippen LogP contribution is -2.34. The number of rotatable bonds is 2. The number of hydrogen-bond donors (Lipinski definition) is 2. The van der Waals surface area contributed by atoms with Crippen molar-refractivity contribution in [2.24, 2.45) is 0 Å². The topological polar surface area (TPSA) is 84.3 Å². The van der Waals surface area contributed by atoms with E-state index in [9.17, 15) is 14.0 Å². The molecule has 6 nitrogen and oxygen atoms in total. The maximum atomic E-state index is 13.5. The standard InChI is InChI=1S/C9H11FN2O4/c10-6-3-5(4-13)16-8(6)12-2-1-7(14)11-9(12)15/h1-2,5-6,8,13H,3-4H2,(H,11,14,15)/t5-,6+,8-/m1/s1. The van der Waals surface area contributed by atoms with E-state index in [2.05, 4.69) is 0 Å². The van der Waals surface area contributed by atoms with E-state index in [1.807, 2.05) is 4.98 Å². The summed E-state index contributed by atoms with van der Waals surface area (Å²) in [5, 5.41) is 8.83. The Balaban J connectivity index is 2.31. The van der Waals surface area contributed by atoms with Crippen LogP contribution in [0.3, 0.4) is 0 Å². The third-order valence-electron chi connectivity index (χ3n) is 2.46. The molecule has 0 saturated carbocycles. The van der Waals surface area contributed by atoms with Crippen LogP contribution in [0.25, 0.3) is 0 Å². The van der Waals surface area contributed by atoms with Crippen LogP contribution < -0.4 is 11.2 Å². The second-order valence-electron chi connectivity index (χ2n) is 3.60. The van der Waals surface area contributed by atoms with Gasteiger partial charge in [-0.1, -0.05) is 0 Å². The largest absolute Gasteiger partial charge is 0.394 e. The summed E-state index contributed by atoms with van der Waals surface area (Å²) in [6, 6.07) is 1.11. The minimum atomic E-state index is -1.37. The fraction of sp³-hybridized carbons (Fsp3) is 0.556. The van der Waals surface area contributed by atoms with E-state index in [0.717, 1.165) is 10.6 Å². The number of aromatic nitrogens is 2. The van der Waals surface area contributed by atoms with Crippen LogP contribution in [0.5, 0.6) is 0 Å². The summed E-state index contributed by atoms with van der Waals surface area (Å²) >= 11 is 0. The van der Waals surface area contributed by atoms with Gasteiger partial charge in [0.05, 0.1) is 12.7 Å². The fourth-order valence-electron chi connectivity index (χ4n) is 1.69. The molecule has 1 aliphatic rings. The van der Waals surface area contributed by atoms with Crippen molar-refractivity contribution in [3.63, 3.8) is 0 Å². The van der Waals surface area contributed by atoms with Crippen LogP contribution >= 0.6 is 0 Å². The van der Waals surface area contributed by atoms with Crippen molar-refractivity contribution in [1.29, 1.82) is 0 Å². The first-order valence-corrected chi connectivity index (χ1v) is 4.83. The molecule has 88 valence electrons. The first-order chi connectivity index (χ1) is 7.61. The molecule has 7 heteroatoms. The van der Waals surface area contributed by atoms with E-state index in [0.29, 0.717) is 0 Å². The molecule has 0 aliphatic carbocycles. The zero-order valence-corrected chi connectivity index (χ0v) is 8.30. The van der Waals surface area contributed by atoms with Crippen molar-refractivity contribution in [3.05, 3.63) is 33.1 Å². The molecule has 1 aliphatic heterocycles. The molecule has 0 aromatic carbocycles. The number of halogens is 1. The number of aromatic amines is 1. The predicted octanol–water partition coefficient (Wildman–Crippen LogP) is -0.846.